The van der Waals surface area contributed by atoms with E-state index in [2.05, 4.69) is 41.8 Å². The Hall–Kier alpha value is -1.06. The van der Waals surface area contributed by atoms with Crippen LogP contribution in [0, 0.1) is 0 Å². The van der Waals surface area contributed by atoms with Gasteiger partial charge in [-0.05, 0) is 24.1 Å². The normalized spacial score (nSPS) is 20.2. The zero-order valence-corrected chi connectivity index (χ0v) is 10.5. The van der Waals surface area contributed by atoms with Gasteiger partial charge in [0.05, 0.1) is 6.61 Å². The van der Waals surface area contributed by atoms with Crippen LogP contribution in [0.3, 0.4) is 0 Å². The molecule has 0 amide bonds. The Labute approximate surface area is 104 Å². The van der Waals surface area contributed by atoms with Crippen LogP contribution in [-0.4, -0.2) is 26.2 Å². The van der Waals surface area contributed by atoms with Gasteiger partial charge in [0.15, 0.2) is 0 Å². The van der Waals surface area contributed by atoms with Crippen molar-refractivity contribution in [2.24, 2.45) is 0 Å². The first-order valence-corrected chi connectivity index (χ1v) is 6.57. The molecule has 1 aliphatic rings. The van der Waals surface area contributed by atoms with Gasteiger partial charge in [-0.15, -0.1) is 0 Å². The summed E-state index contributed by atoms with van der Waals surface area (Å²) in [5, 5.41) is 6.90. The molecule has 1 atom stereocenters. The van der Waals surface area contributed by atoms with Crippen molar-refractivity contribution in [3.8, 4) is 5.75 Å². The van der Waals surface area contributed by atoms with E-state index in [1.54, 1.807) is 0 Å². The van der Waals surface area contributed by atoms with Crippen molar-refractivity contribution in [2.45, 2.75) is 25.8 Å². The predicted molar refractivity (Wildman–Crippen MR) is 70.5 cm³/mol. The zero-order chi connectivity index (χ0) is 11.9. The van der Waals surface area contributed by atoms with E-state index < -0.39 is 0 Å². The molecule has 0 saturated carbocycles. The minimum Gasteiger partial charge on any atom is -0.494 e. The topological polar surface area (TPSA) is 33.3 Å². The molecule has 3 nitrogen and oxygen atoms in total. The molecule has 0 aliphatic carbocycles. The maximum atomic E-state index is 5.65. The molecule has 17 heavy (non-hydrogen) atoms. The number of hydrogen-bond donors (Lipinski definition) is 2. The Balaban J connectivity index is 1.88. The van der Waals surface area contributed by atoms with E-state index in [1.807, 2.05) is 0 Å². The first-order chi connectivity index (χ1) is 8.40. The highest BCUT2D eigenvalue weighted by Gasteiger charge is 2.13. The smallest absolute Gasteiger partial charge is 0.119 e. The van der Waals surface area contributed by atoms with Gasteiger partial charge >= 0.3 is 0 Å². The first-order valence-electron chi connectivity index (χ1n) is 6.57. The second kappa shape index (κ2) is 6.62. The van der Waals surface area contributed by atoms with Crippen molar-refractivity contribution in [3.05, 3.63) is 29.8 Å². The fourth-order valence-electron chi connectivity index (χ4n) is 2.02. The molecule has 1 heterocycles. The molecule has 0 bridgehead atoms. The fourth-order valence-corrected chi connectivity index (χ4v) is 2.02. The number of benzene rings is 1. The summed E-state index contributed by atoms with van der Waals surface area (Å²) in [5.74, 6) is 0.978. The van der Waals surface area contributed by atoms with Crippen LogP contribution >= 0.6 is 0 Å². The van der Waals surface area contributed by atoms with E-state index in [-0.39, 0.29) is 0 Å². The Morgan fingerprint density at radius 3 is 2.71 bits per heavy atom. The molecule has 94 valence electrons. The van der Waals surface area contributed by atoms with Crippen LogP contribution in [0.5, 0.6) is 5.75 Å². The summed E-state index contributed by atoms with van der Waals surface area (Å²) in [6.45, 7) is 6.11. The average molecular weight is 234 g/mol. The van der Waals surface area contributed by atoms with Crippen molar-refractivity contribution in [1.29, 1.82) is 0 Å². The van der Waals surface area contributed by atoms with E-state index in [0.717, 1.165) is 38.4 Å². The number of ether oxygens (including phenoxy) is 1. The number of unbranched alkanes of at least 4 members (excludes halogenated alkanes) is 1. The maximum Gasteiger partial charge on any atom is 0.119 e. The third kappa shape index (κ3) is 3.72. The molecule has 1 unspecified atom stereocenters. The Morgan fingerprint density at radius 2 is 2.06 bits per heavy atom. The SMILES string of the molecule is CCCCOc1ccc(C2CNCCN2)cc1. The minimum absolute atomic E-state index is 0.438. The fraction of sp³-hybridized carbons (Fsp3) is 0.571. The lowest BCUT2D eigenvalue weighted by Gasteiger charge is -2.24. The second-order valence-corrected chi connectivity index (χ2v) is 4.48. The molecular weight excluding hydrogens is 212 g/mol. The van der Waals surface area contributed by atoms with Gasteiger partial charge in [-0.3, -0.25) is 0 Å². The first kappa shape index (κ1) is 12.4. The van der Waals surface area contributed by atoms with Crippen molar-refractivity contribution < 1.29 is 4.74 Å². The van der Waals surface area contributed by atoms with Gasteiger partial charge in [0.2, 0.25) is 0 Å². The lowest BCUT2D eigenvalue weighted by molar-refractivity contribution is 0.309. The van der Waals surface area contributed by atoms with Crippen LogP contribution in [0.2, 0.25) is 0 Å². The van der Waals surface area contributed by atoms with Crippen LogP contribution in [0.1, 0.15) is 31.4 Å². The van der Waals surface area contributed by atoms with Gasteiger partial charge < -0.3 is 15.4 Å². The summed E-state index contributed by atoms with van der Waals surface area (Å²) >= 11 is 0. The monoisotopic (exact) mass is 234 g/mol. The average Bonchev–Trinajstić information content (AvgIpc) is 2.41. The van der Waals surface area contributed by atoms with Crippen molar-refractivity contribution in [2.75, 3.05) is 26.2 Å². The standard InChI is InChI=1S/C14H22N2O/c1-2-3-10-17-13-6-4-12(5-7-13)14-11-15-8-9-16-14/h4-7,14-16H,2-3,8-11H2,1H3. The van der Waals surface area contributed by atoms with Gasteiger partial charge in [-0.2, -0.15) is 0 Å². The highest BCUT2D eigenvalue weighted by molar-refractivity contribution is 5.29. The molecular formula is C14H22N2O. The summed E-state index contributed by atoms with van der Waals surface area (Å²) in [5.41, 5.74) is 1.33. The summed E-state index contributed by atoms with van der Waals surface area (Å²) in [4.78, 5) is 0. The number of piperazine rings is 1. The summed E-state index contributed by atoms with van der Waals surface area (Å²) in [7, 11) is 0. The van der Waals surface area contributed by atoms with Gasteiger partial charge in [-0.1, -0.05) is 25.5 Å². The molecule has 1 saturated heterocycles. The second-order valence-electron chi connectivity index (χ2n) is 4.48. The molecule has 0 spiro atoms. The zero-order valence-electron chi connectivity index (χ0n) is 10.5. The predicted octanol–water partition coefficient (Wildman–Crippen LogP) is 2.10. The highest BCUT2D eigenvalue weighted by Crippen LogP contribution is 2.18. The summed E-state index contributed by atoms with van der Waals surface area (Å²) < 4.78 is 5.65. The lowest BCUT2D eigenvalue weighted by Crippen LogP contribution is -2.42. The van der Waals surface area contributed by atoms with Gasteiger partial charge in [0, 0.05) is 25.7 Å². The van der Waals surface area contributed by atoms with Crippen molar-refractivity contribution in [1.82, 2.24) is 10.6 Å². The molecule has 1 fully saturated rings. The third-order valence-corrected chi connectivity index (χ3v) is 3.09. The summed E-state index contributed by atoms with van der Waals surface area (Å²) in [6, 6.07) is 8.90. The Kier molecular flexibility index (Phi) is 4.83. The van der Waals surface area contributed by atoms with Gasteiger partial charge in [0.25, 0.3) is 0 Å². The van der Waals surface area contributed by atoms with E-state index in [4.69, 9.17) is 4.74 Å². The van der Waals surface area contributed by atoms with Gasteiger partial charge in [-0.25, -0.2) is 0 Å². The minimum atomic E-state index is 0.438. The van der Waals surface area contributed by atoms with Crippen LogP contribution in [-0.2, 0) is 0 Å². The molecule has 2 rings (SSSR count). The lowest BCUT2D eigenvalue weighted by atomic mass is 10.1. The van der Waals surface area contributed by atoms with Crippen molar-refractivity contribution in [3.63, 3.8) is 0 Å². The number of rotatable bonds is 5. The van der Waals surface area contributed by atoms with Crippen molar-refractivity contribution >= 4 is 0 Å². The molecule has 3 heteroatoms. The number of nitrogens with one attached hydrogen (secondary N) is 2. The van der Waals surface area contributed by atoms with E-state index in [9.17, 15) is 0 Å². The molecule has 0 radical (unpaired) electrons. The molecule has 2 N–H and O–H groups in total. The Bertz CT molecular complexity index is 317. The van der Waals surface area contributed by atoms with Crippen LogP contribution in [0.4, 0.5) is 0 Å². The largest absolute Gasteiger partial charge is 0.494 e. The van der Waals surface area contributed by atoms with Crippen LogP contribution in [0.15, 0.2) is 24.3 Å². The maximum absolute atomic E-state index is 5.65. The quantitative estimate of drug-likeness (QED) is 0.765. The Morgan fingerprint density at radius 1 is 1.24 bits per heavy atom. The van der Waals surface area contributed by atoms with E-state index in [0.29, 0.717) is 6.04 Å². The van der Waals surface area contributed by atoms with Crippen LogP contribution in [0.25, 0.3) is 0 Å². The molecule has 0 aromatic heterocycles. The molecule has 1 aromatic rings. The molecule has 1 aliphatic heterocycles. The highest BCUT2D eigenvalue weighted by atomic mass is 16.5. The summed E-state index contributed by atoms with van der Waals surface area (Å²) in [6.07, 6.45) is 2.30. The molecule has 1 aromatic carbocycles. The van der Waals surface area contributed by atoms with E-state index >= 15 is 0 Å². The van der Waals surface area contributed by atoms with Gasteiger partial charge in [0.1, 0.15) is 5.75 Å². The van der Waals surface area contributed by atoms with Crippen LogP contribution < -0.4 is 15.4 Å². The number of hydrogen-bond acceptors (Lipinski definition) is 3. The third-order valence-electron chi connectivity index (χ3n) is 3.09. The van der Waals surface area contributed by atoms with E-state index in [1.165, 1.54) is 12.0 Å².